The van der Waals surface area contributed by atoms with Crippen LogP contribution in [-0.2, 0) is 9.47 Å². The smallest absolute Gasteiger partial charge is 0.0642 e. The minimum atomic E-state index is 0.834. The highest BCUT2D eigenvalue weighted by atomic mass is 16.5. The lowest BCUT2D eigenvalue weighted by Gasteiger charge is -2.34. The Hall–Kier alpha value is -1.46. The largest absolute Gasteiger partial charge is 0.378 e. The molecule has 3 saturated heterocycles. The van der Waals surface area contributed by atoms with E-state index in [-0.39, 0.29) is 0 Å². The number of rotatable bonds is 3. The fraction of sp³-hybridized carbons (Fsp3) is 0.667. The van der Waals surface area contributed by atoms with Crippen molar-refractivity contribution in [1.29, 1.82) is 0 Å². The van der Waals surface area contributed by atoms with Crippen LogP contribution in [0.4, 0.5) is 17.1 Å². The highest BCUT2D eigenvalue weighted by Gasteiger charge is 2.20. The first-order valence-electron chi connectivity index (χ1n) is 8.95. The molecule has 0 atom stereocenters. The van der Waals surface area contributed by atoms with Crippen molar-refractivity contribution in [2.75, 3.05) is 80.4 Å². The second kappa shape index (κ2) is 6.97. The summed E-state index contributed by atoms with van der Waals surface area (Å²) in [5, 5.41) is 0. The molecular formula is C18H27N3O2. The Labute approximate surface area is 138 Å². The molecule has 4 rings (SSSR count). The molecular weight excluding hydrogens is 290 g/mol. The van der Waals surface area contributed by atoms with Crippen LogP contribution in [0.15, 0.2) is 18.2 Å². The maximum absolute atomic E-state index is 5.52. The van der Waals surface area contributed by atoms with Crippen molar-refractivity contribution >= 4 is 17.1 Å². The Morgan fingerprint density at radius 1 is 0.522 bits per heavy atom. The molecule has 0 aromatic heterocycles. The summed E-state index contributed by atoms with van der Waals surface area (Å²) in [6.45, 7) is 9.68. The molecule has 3 aliphatic heterocycles. The highest BCUT2D eigenvalue weighted by molar-refractivity contribution is 5.70. The molecule has 0 saturated carbocycles. The normalized spacial score (nSPS) is 22.7. The summed E-state index contributed by atoms with van der Waals surface area (Å²) in [6.07, 6.45) is 2.63. The van der Waals surface area contributed by atoms with Crippen LogP contribution in [0.5, 0.6) is 0 Å². The van der Waals surface area contributed by atoms with E-state index >= 15 is 0 Å². The van der Waals surface area contributed by atoms with Gasteiger partial charge in [-0.2, -0.15) is 0 Å². The van der Waals surface area contributed by atoms with Crippen molar-refractivity contribution in [3.05, 3.63) is 18.2 Å². The molecule has 5 heteroatoms. The van der Waals surface area contributed by atoms with Gasteiger partial charge < -0.3 is 24.2 Å². The summed E-state index contributed by atoms with van der Waals surface area (Å²) in [5.41, 5.74) is 4.08. The van der Waals surface area contributed by atoms with Crippen molar-refractivity contribution in [2.45, 2.75) is 12.8 Å². The van der Waals surface area contributed by atoms with Crippen LogP contribution in [0.1, 0.15) is 12.8 Å². The van der Waals surface area contributed by atoms with E-state index in [0.29, 0.717) is 0 Å². The molecule has 3 fully saturated rings. The molecule has 126 valence electrons. The van der Waals surface area contributed by atoms with Crippen LogP contribution in [0.25, 0.3) is 0 Å². The third-order valence-corrected chi connectivity index (χ3v) is 5.11. The van der Waals surface area contributed by atoms with Gasteiger partial charge in [0.15, 0.2) is 0 Å². The first-order chi connectivity index (χ1) is 11.4. The van der Waals surface area contributed by atoms with E-state index in [9.17, 15) is 0 Å². The van der Waals surface area contributed by atoms with Crippen LogP contribution >= 0.6 is 0 Å². The van der Waals surface area contributed by atoms with Crippen LogP contribution in [0, 0.1) is 0 Å². The summed E-state index contributed by atoms with van der Waals surface area (Å²) < 4.78 is 11.0. The predicted molar refractivity (Wildman–Crippen MR) is 94.0 cm³/mol. The van der Waals surface area contributed by atoms with E-state index in [1.165, 1.54) is 43.0 Å². The molecule has 1 aromatic carbocycles. The van der Waals surface area contributed by atoms with Crippen LogP contribution in [-0.4, -0.2) is 65.7 Å². The molecule has 5 nitrogen and oxygen atoms in total. The quantitative estimate of drug-likeness (QED) is 0.850. The van der Waals surface area contributed by atoms with Crippen molar-refractivity contribution in [1.82, 2.24) is 0 Å². The van der Waals surface area contributed by atoms with Gasteiger partial charge in [-0.1, -0.05) is 0 Å². The molecule has 0 aliphatic carbocycles. The van der Waals surface area contributed by atoms with Gasteiger partial charge in [-0.05, 0) is 31.0 Å². The average Bonchev–Trinajstić information content (AvgIpc) is 3.18. The monoisotopic (exact) mass is 317 g/mol. The van der Waals surface area contributed by atoms with Gasteiger partial charge in [0.05, 0.1) is 26.4 Å². The van der Waals surface area contributed by atoms with Gasteiger partial charge in [-0.15, -0.1) is 0 Å². The molecule has 0 spiro atoms. The van der Waals surface area contributed by atoms with Gasteiger partial charge in [0.2, 0.25) is 0 Å². The average molecular weight is 317 g/mol. The Morgan fingerprint density at radius 3 is 1.26 bits per heavy atom. The van der Waals surface area contributed by atoms with Gasteiger partial charge in [0, 0.05) is 56.3 Å². The van der Waals surface area contributed by atoms with Gasteiger partial charge in [-0.3, -0.25) is 0 Å². The summed E-state index contributed by atoms with van der Waals surface area (Å²) in [5.74, 6) is 0. The summed E-state index contributed by atoms with van der Waals surface area (Å²) in [7, 11) is 0. The number of hydrogen-bond acceptors (Lipinski definition) is 5. The zero-order valence-corrected chi connectivity index (χ0v) is 13.9. The van der Waals surface area contributed by atoms with E-state index in [1.807, 2.05) is 0 Å². The lowest BCUT2D eigenvalue weighted by atomic mass is 10.1. The third kappa shape index (κ3) is 3.40. The Balaban J connectivity index is 1.64. The molecule has 3 heterocycles. The second-order valence-electron chi connectivity index (χ2n) is 6.60. The lowest BCUT2D eigenvalue weighted by Crippen LogP contribution is -2.38. The van der Waals surface area contributed by atoms with E-state index in [1.54, 1.807) is 0 Å². The zero-order valence-electron chi connectivity index (χ0n) is 13.9. The fourth-order valence-corrected chi connectivity index (χ4v) is 3.75. The van der Waals surface area contributed by atoms with E-state index < -0.39 is 0 Å². The predicted octanol–water partition coefficient (Wildman–Crippen LogP) is 1.96. The van der Waals surface area contributed by atoms with E-state index in [0.717, 1.165) is 52.6 Å². The zero-order chi connectivity index (χ0) is 15.5. The number of ether oxygens (including phenoxy) is 2. The molecule has 3 aliphatic rings. The van der Waals surface area contributed by atoms with Crippen LogP contribution in [0.3, 0.4) is 0 Å². The third-order valence-electron chi connectivity index (χ3n) is 5.11. The van der Waals surface area contributed by atoms with Crippen molar-refractivity contribution in [3.63, 3.8) is 0 Å². The Kier molecular flexibility index (Phi) is 4.57. The van der Waals surface area contributed by atoms with E-state index in [4.69, 9.17) is 9.47 Å². The fourth-order valence-electron chi connectivity index (χ4n) is 3.75. The Morgan fingerprint density at radius 2 is 0.870 bits per heavy atom. The lowest BCUT2D eigenvalue weighted by molar-refractivity contribution is 0.122. The minimum Gasteiger partial charge on any atom is -0.378 e. The first kappa shape index (κ1) is 15.1. The second-order valence-corrected chi connectivity index (χ2v) is 6.60. The van der Waals surface area contributed by atoms with Crippen LogP contribution < -0.4 is 14.7 Å². The maximum Gasteiger partial charge on any atom is 0.0642 e. The highest BCUT2D eigenvalue weighted by Crippen LogP contribution is 2.32. The minimum absolute atomic E-state index is 0.834. The first-order valence-corrected chi connectivity index (χ1v) is 8.95. The van der Waals surface area contributed by atoms with E-state index in [2.05, 4.69) is 32.9 Å². The Bertz CT molecular complexity index is 483. The number of anilines is 3. The van der Waals surface area contributed by atoms with Gasteiger partial charge in [0.1, 0.15) is 0 Å². The summed E-state index contributed by atoms with van der Waals surface area (Å²) >= 11 is 0. The molecule has 1 aromatic rings. The standard InChI is InChI=1S/C18H27N3O2/c1-2-4-19(3-1)16-13-17(20-5-9-22-10-6-20)15-18(14-16)21-7-11-23-12-8-21/h13-15H,1-12H2. The molecule has 0 N–H and O–H groups in total. The van der Waals surface area contributed by atoms with Gasteiger partial charge in [0.25, 0.3) is 0 Å². The molecule has 0 bridgehead atoms. The topological polar surface area (TPSA) is 28.2 Å². The molecule has 23 heavy (non-hydrogen) atoms. The molecule has 0 amide bonds. The number of morpholine rings is 2. The summed E-state index contributed by atoms with van der Waals surface area (Å²) in [6, 6.07) is 7.11. The van der Waals surface area contributed by atoms with Gasteiger partial charge >= 0.3 is 0 Å². The maximum atomic E-state index is 5.52. The molecule has 0 unspecified atom stereocenters. The number of nitrogens with zero attached hydrogens (tertiary/aromatic N) is 3. The number of benzene rings is 1. The van der Waals surface area contributed by atoms with Gasteiger partial charge in [-0.25, -0.2) is 0 Å². The van der Waals surface area contributed by atoms with Crippen molar-refractivity contribution in [2.24, 2.45) is 0 Å². The van der Waals surface area contributed by atoms with Crippen LogP contribution in [0.2, 0.25) is 0 Å². The number of hydrogen-bond donors (Lipinski definition) is 0. The summed E-state index contributed by atoms with van der Waals surface area (Å²) in [4.78, 5) is 7.47. The molecule has 0 radical (unpaired) electrons. The van der Waals surface area contributed by atoms with Crippen molar-refractivity contribution in [3.8, 4) is 0 Å². The SMILES string of the molecule is c1c(N2CCCC2)cc(N2CCOCC2)cc1N1CCOCC1. The van der Waals surface area contributed by atoms with Crippen molar-refractivity contribution < 1.29 is 9.47 Å².